The number of carbonyl (C=O) groups is 5. The van der Waals surface area contributed by atoms with Gasteiger partial charge in [-0.1, -0.05) is 80.4 Å². The molecule has 0 aliphatic carbocycles. The van der Waals surface area contributed by atoms with Crippen LogP contribution in [0.2, 0.25) is 0 Å². The lowest BCUT2D eigenvalue weighted by atomic mass is 10.1. The summed E-state index contributed by atoms with van der Waals surface area (Å²) < 4.78 is 11.1. The lowest BCUT2D eigenvalue weighted by Gasteiger charge is -2.39. The van der Waals surface area contributed by atoms with Gasteiger partial charge in [-0.3, -0.25) is 14.7 Å². The molecule has 3 atom stereocenters. The summed E-state index contributed by atoms with van der Waals surface area (Å²) >= 11 is 0. The first-order valence-electron chi connectivity index (χ1n) is 15.9. The van der Waals surface area contributed by atoms with E-state index in [0.29, 0.717) is 12.8 Å². The van der Waals surface area contributed by atoms with E-state index in [1.807, 2.05) is 6.92 Å². The van der Waals surface area contributed by atoms with Crippen LogP contribution in [0.25, 0.3) is 0 Å². The van der Waals surface area contributed by atoms with Gasteiger partial charge in [-0.2, -0.15) is 0 Å². The fourth-order valence-corrected chi connectivity index (χ4v) is 5.18. The molecule has 0 amide bonds. The zero-order valence-corrected chi connectivity index (χ0v) is 27.4. The maximum absolute atomic E-state index is 12.3. The average molecular weight is 685 g/mol. The number of unbranched alkanes of at least 4 members (excludes halogenated alkanes) is 1. The topological polar surface area (TPSA) is 229 Å². The highest BCUT2D eigenvalue weighted by Crippen LogP contribution is 2.13. The third-order valence-corrected chi connectivity index (χ3v) is 7.76. The first-order valence-corrected chi connectivity index (χ1v) is 15.9. The van der Waals surface area contributed by atoms with Crippen molar-refractivity contribution >= 4 is 29.8 Å². The Hall–Kier alpha value is -4.41. The Labute approximate surface area is 285 Å². The van der Waals surface area contributed by atoms with Crippen LogP contribution < -0.4 is 25.5 Å². The molecule has 0 radical (unpaired) electrons. The smallest absolute Gasteiger partial charge is 0.0734 e. The van der Waals surface area contributed by atoms with Gasteiger partial charge in [-0.25, -0.2) is 0 Å². The predicted molar refractivity (Wildman–Crippen MR) is 163 cm³/mol. The first kappa shape index (κ1) is 40.8. The van der Waals surface area contributed by atoms with Gasteiger partial charge in [0.1, 0.15) is 0 Å². The average Bonchev–Trinajstić information content (AvgIpc) is 3.05. The molecule has 2 aromatic rings. The minimum absolute atomic E-state index is 0.0304. The molecule has 2 rings (SSSR count). The standard InChI is InChI=1S/C34H47N3O12/c1-2-3-14-27(32(42)43)35(15-17-36(19-30(38)39)28(33(44)45)23-48-21-25-10-6-4-7-11-25)16-18-37(20-31(40)41)29(34(46)47)24-49-22-26-12-8-5-9-13-26/h4-13,27-29H,2-3,14-24H2,1H3,(H,38,39)(H,40,41)(H,42,43)(H,44,45)(H,46,47)/p-5/t27-,28-,29-/m0/s1. The van der Waals surface area contributed by atoms with E-state index in [9.17, 15) is 49.5 Å². The SMILES string of the molecule is CCCC[C@@H](C(=O)[O-])N(CCN(CC(=O)[O-])[C@@H](COCc1ccccc1)C(=O)[O-])CCN(CC(=O)[O-])[C@@H](COCc1ccccc1)C(=O)[O-]. The Morgan fingerprint density at radius 2 is 0.939 bits per heavy atom. The predicted octanol–water partition coefficient (Wildman–Crippen LogP) is -4.63. The van der Waals surface area contributed by atoms with E-state index in [2.05, 4.69) is 0 Å². The van der Waals surface area contributed by atoms with Gasteiger partial charge in [-0.15, -0.1) is 0 Å². The van der Waals surface area contributed by atoms with E-state index in [1.54, 1.807) is 60.7 Å². The van der Waals surface area contributed by atoms with Crippen molar-refractivity contribution in [1.82, 2.24) is 14.7 Å². The van der Waals surface area contributed by atoms with Crippen molar-refractivity contribution in [2.75, 3.05) is 52.5 Å². The maximum Gasteiger partial charge on any atom is 0.0734 e. The van der Waals surface area contributed by atoms with E-state index in [0.717, 1.165) is 20.9 Å². The molecule has 15 nitrogen and oxygen atoms in total. The molecule has 0 N–H and O–H groups in total. The monoisotopic (exact) mass is 684 g/mol. The van der Waals surface area contributed by atoms with Gasteiger partial charge in [0.05, 0.1) is 68.4 Å². The summed E-state index contributed by atoms with van der Waals surface area (Å²) in [5, 5.41) is 59.8. The highest BCUT2D eigenvalue weighted by molar-refractivity contribution is 5.74. The second-order valence-electron chi connectivity index (χ2n) is 11.4. The van der Waals surface area contributed by atoms with Crippen LogP contribution in [-0.4, -0.2) is 115 Å². The summed E-state index contributed by atoms with van der Waals surface area (Å²) in [6.45, 7) is -1.84. The van der Waals surface area contributed by atoms with Gasteiger partial charge in [0.25, 0.3) is 0 Å². The fourth-order valence-electron chi connectivity index (χ4n) is 5.18. The molecular formula is C34H42N3O12-5. The number of benzene rings is 2. The lowest BCUT2D eigenvalue weighted by Crippen LogP contribution is -2.59. The molecule has 0 unspecified atom stereocenters. The summed E-state index contributed by atoms with van der Waals surface area (Å²) in [5.74, 6) is -7.94. The minimum atomic E-state index is -1.63. The molecule has 0 spiro atoms. The Morgan fingerprint density at radius 3 is 1.27 bits per heavy atom. The number of aliphatic carboxylic acids is 5. The number of carboxylic acid groups (broad SMARTS) is 5. The van der Waals surface area contributed by atoms with E-state index in [4.69, 9.17) is 9.47 Å². The molecule has 0 aliphatic rings. The Kier molecular flexibility index (Phi) is 18.5. The molecule has 0 fully saturated rings. The number of hydrogen-bond acceptors (Lipinski definition) is 15. The minimum Gasteiger partial charge on any atom is -0.549 e. The number of carboxylic acids is 5. The molecule has 0 aliphatic heterocycles. The van der Waals surface area contributed by atoms with Crippen LogP contribution in [0.5, 0.6) is 0 Å². The summed E-state index contributed by atoms with van der Waals surface area (Å²) in [7, 11) is 0. The molecule has 0 saturated carbocycles. The maximum atomic E-state index is 12.3. The number of ether oxygens (including phenoxy) is 2. The second-order valence-corrected chi connectivity index (χ2v) is 11.4. The molecule has 270 valence electrons. The van der Waals surface area contributed by atoms with Crippen LogP contribution in [0.1, 0.15) is 37.3 Å². The third-order valence-electron chi connectivity index (χ3n) is 7.76. The quantitative estimate of drug-likeness (QED) is 0.0862. The van der Waals surface area contributed by atoms with Gasteiger partial charge >= 0.3 is 0 Å². The van der Waals surface area contributed by atoms with E-state index >= 15 is 0 Å². The first-order chi connectivity index (χ1) is 23.4. The van der Waals surface area contributed by atoms with Gasteiger partial charge in [0.2, 0.25) is 0 Å². The highest BCUT2D eigenvalue weighted by atomic mass is 16.5. The van der Waals surface area contributed by atoms with Crippen LogP contribution in [0.3, 0.4) is 0 Å². The van der Waals surface area contributed by atoms with Crippen molar-refractivity contribution in [2.24, 2.45) is 0 Å². The second kappa shape index (κ2) is 22.3. The van der Waals surface area contributed by atoms with Crippen LogP contribution in [0.4, 0.5) is 0 Å². The lowest BCUT2D eigenvalue weighted by molar-refractivity contribution is -0.318. The van der Waals surface area contributed by atoms with Crippen molar-refractivity contribution in [3.63, 3.8) is 0 Å². The Balaban J connectivity index is 2.26. The van der Waals surface area contributed by atoms with Crippen molar-refractivity contribution < 1.29 is 59.0 Å². The molecular weight excluding hydrogens is 642 g/mol. The zero-order valence-electron chi connectivity index (χ0n) is 27.4. The van der Waals surface area contributed by atoms with Gasteiger partial charge in [-0.05, 0) is 17.5 Å². The Morgan fingerprint density at radius 1 is 0.571 bits per heavy atom. The molecule has 0 aromatic heterocycles. The van der Waals surface area contributed by atoms with Gasteiger partial charge < -0.3 is 59.0 Å². The van der Waals surface area contributed by atoms with Gasteiger partial charge in [0.15, 0.2) is 0 Å². The third kappa shape index (κ3) is 15.6. The van der Waals surface area contributed by atoms with Crippen LogP contribution in [0.15, 0.2) is 60.7 Å². The summed E-state index contributed by atoms with van der Waals surface area (Å²) in [6, 6.07) is 13.3. The van der Waals surface area contributed by atoms with Crippen molar-refractivity contribution in [3.05, 3.63) is 71.8 Å². The summed E-state index contributed by atoms with van der Waals surface area (Å²) in [4.78, 5) is 63.2. The van der Waals surface area contributed by atoms with Crippen LogP contribution in [0, 0.1) is 0 Å². The highest BCUT2D eigenvalue weighted by Gasteiger charge is 2.27. The zero-order chi connectivity index (χ0) is 36.2. The van der Waals surface area contributed by atoms with Crippen molar-refractivity contribution in [3.8, 4) is 0 Å². The molecule has 2 aromatic carbocycles. The van der Waals surface area contributed by atoms with Crippen LogP contribution in [-0.2, 0) is 46.7 Å². The molecule has 0 bridgehead atoms. The van der Waals surface area contributed by atoms with Gasteiger partial charge in [0, 0.05) is 45.3 Å². The normalized spacial score (nSPS) is 13.3. The number of nitrogens with zero attached hydrogens (tertiary/aromatic N) is 3. The van der Waals surface area contributed by atoms with Crippen LogP contribution >= 0.6 is 0 Å². The van der Waals surface area contributed by atoms with E-state index in [1.165, 1.54) is 4.90 Å². The molecule has 0 heterocycles. The molecule has 49 heavy (non-hydrogen) atoms. The van der Waals surface area contributed by atoms with E-state index in [-0.39, 0.29) is 45.8 Å². The largest absolute Gasteiger partial charge is 0.549 e. The van der Waals surface area contributed by atoms with Crippen molar-refractivity contribution in [2.45, 2.75) is 57.5 Å². The molecule has 0 saturated heterocycles. The number of hydrogen-bond donors (Lipinski definition) is 0. The summed E-state index contributed by atoms with van der Waals surface area (Å²) in [5.41, 5.74) is 1.48. The van der Waals surface area contributed by atoms with Crippen molar-refractivity contribution in [1.29, 1.82) is 0 Å². The fraction of sp³-hybridized carbons (Fsp3) is 0.500. The number of rotatable bonds is 27. The number of carbonyl (C=O) groups excluding carboxylic acids is 5. The summed E-state index contributed by atoms with van der Waals surface area (Å²) in [6.07, 6.45) is 1.15. The Bertz CT molecular complexity index is 1230. The van der Waals surface area contributed by atoms with E-state index < -0.39 is 74.3 Å². The molecule has 15 heteroatoms.